The van der Waals surface area contributed by atoms with Gasteiger partial charge < -0.3 is 10.2 Å². The molecule has 2 aromatic heterocycles. The van der Waals surface area contributed by atoms with E-state index in [4.69, 9.17) is 0 Å². The van der Waals surface area contributed by atoms with Gasteiger partial charge in [0.1, 0.15) is 0 Å². The first-order valence-electron chi connectivity index (χ1n) is 8.31. The van der Waals surface area contributed by atoms with Crippen molar-refractivity contribution >= 4 is 17.5 Å². The molecule has 8 nitrogen and oxygen atoms in total. The van der Waals surface area contributed by atoms with Crippen LogP contribution in [-0.4, -0.2) is 43.2 Å². The molecule has 0 radical (unpaired) electrons. The molecular formula is C17H22N6O2. The zero-order chi connectivity index (χ0) is 18.1. The summed E-state index contributed by atoms with van der Waals surface area (Å²) in [7, 11) is 1.85. The summed E-state index contributed by atoms with van der Waals surface area (Å²) in [6, 6.07) is 1.40. The average molecular weight is 342 g/mol. The van der Waals surface area contributed by atoms with Crippen LogP contribution in [0.15, 0.2) is 18.5 Å². The van der Waals surface area contributed by atoms with Crippen LogP contribution in [0.25, 0.3) is 0 Å². The highest BCUT2D eigenvalue weighted by Gasteiger charge is 2.45. The van der Waals surface area contributed by atoms with Crippen LogP contribution in [0.3, 0.4) is 0 Å². The van der Waals surface area contributed by atoms with Gasteiger partial charge in [-0.3, -0.25) is 14.3 Å². The van der Waals surface area contributed by atoms with Crippen molar-refractivity contribution in [2.75, 3.05) is 11.9 Å². The van der Waals surface area contributed by atoms with Gasteiger partial charge in [-0.15, -0.1) is 0 Å². The van der Waals surface area contributed by atoms with Crippen molar-refractivity contribution in [3.63, 3.8) is 0 Å². The molecule has 8 heteroatoms. The van der Waals surface area contributed by atoms with Gasteiger partial charge in [-0.2, -0.15) is 15.3 Å². The molecule has 3 heterocycles. The second kappa shape index (κ2) is 6.62. The third kappa shape index (κ3) is 2.99. The first kappa shape index (κ1) is 17.1. The van der Waals surface area contributed by atoms with Crippen LogP contribution in [0.2, 0.25) is 0 Å². The lowest BCUT2D eigenvalue weighted by molar-refractivity contribution is -0.129. The van der Waals surface area contributed by atoms with Crippen LogP contribution < -0.4 is 5.32 Å². The maximum Gasteiger partial charge on any atom is 0.230 e. The number of hydrogen-bond donors (Lipinski definition) is 1. The lowest BCUT2D eigenvalue weighted by Crippen LogP contribution is -2.32. The van der Waals surface area contributed by atoms with Crippen LogP contribution in [0.1, 0.15) is 36.3 Å². The van der Waals surface area contributed by atoms with E-state index in [2.05, 4.69) is 20.6 Å². The summed E-state index contributed by atoms with van der Waals surface area (Å²) < 4.78 is 1.76. The molecule has 0 unspecified atom stereocenters. The van der Waals surface area contributed by atoms with Gasteiger partial charge in [-0.25, -0.2) is 0 Å². The van der Waals surface area contributed by atoms with Gasteiger partial charge in [0.15, 0.2) is 0 Å². The third-order valence-electron chi connectivity index (χ3n) is 4.86. The van der Waals surface area contributed by atoms with E-state index in [1.54, 1.807) is 28.8 Å². The Morgan fingerprint density at radius 3 is 2.76 bits per heavy atom. The number of carbonyl (C=O) groups excluding carboxylic acids is 2. The van der Waals surface area contributed by atoms with E-state index in [1.165, 1.54) is 6.20 Å². The molecule has 132 valence electrons. The smallest absolute Gasteiger partial charge is 0.230 e. The van der Waals surface area contributed by atoms with Crippen LogP contribution >= 0.6 is 0 Å². The second-order valence-electron chi connectivity index (χ2n) is 6.26. The highest BCUT2D eigenvalue weighted by atomic mass is 16.2. The summed E-state index contributed by atoms with van der Waals surface area (Å²) in [6.45, 7) is 6.21. The van der Waals surface area contributed by atoms with E-state index in [1.807, 2.05) is 20.9 Å². The number of likely N-dealkylation sites (tertiary alicyclic amines) is 1. The average Bonchev–Trinajstić information content (AvgIpc) is 3.09. The molecule has 2 atom stereocenters. The number of aryl methyl sites for hydroxylation is 2. The third-order valence-corrected chi connectivity index (χ3v) is 4.86. The summed E-state index contributed by atoms with van der Waals surface area (Å²) in [6.07, 6.45) is 3.47. The Bertz CT molecular complexity index is 815. The van der Waals surface area contributed by atoms with Crippen LogP contribution in [0.4, 0.5) is 5.69 Å². The minimum Gasteiger partial charge on any atom is -0.335 e. The van der Waals surface area contributed by atoms with Crippen molar-refractivity contribution in [3.8, 4) is 0 Å². The fourth-order valence-electron chi connectivity index (χ4n) is 3.35. The molecule has 2 aromatic rings. The maximum absolute atomic E-state index is 12.9. The molecule has 0 bridgehead atoms. The molecule has 1 aliphatic rings. The summed E-state index contributed by atoms with van der Waals surface area (Å²) in [5.41, 5.74) is 3.13. The number of hydrogen-bond acceptors (Lipinski definition) is 5. The normalized spacial score (nSPS) is 20.2. The van der Waals surface area contributed by atoms with Gasteiger partial charge in [0, 0.05) is 31.3 Å². The van der Waals surface area contributed by atoms with E-state index in [0.29, 0.717) is 17.9 Å². The number of anilines is 1. The predicted octanol–water partition coefficient (Wildman–Crippen LogP) is 1.38. The highest BCUT2D eigenvalue weighted by molar-refractivity contribution is 5.98. The fraction of sp³-hybridized carbons (Fsp3) is 0.471. The molecule has 1 saturated heterocycles. The van der Waals surface area contributed by atoms with E-state index < -0.39 is 5.92 Å². The molecule has 0 aliphatic carbocycles. The Kier molecular flexibility index (Phi) is 4.52. The number of carbonyl (C=O) groups is 2. The molecule has 25 heavy (non-hydrogen) atoms. The Morgan fingerprint density at radius 1 is 1.40 bits per heavy atom. The van der Waals surface area contributed by atoms with Crippen molar-refractivity contribution < 1.29 is 9.59 Å². The monoisotopic (exact) mass is 342 g/mol. The van der Waals surface area contributed by atoms with E-state index in [0.717, 1.165) is 11.3 Å². The quantitative estimate of drug-likeness (QED) is 0.906. The van der Waals surface area contributed by atoms with Crippen molar-refractivity contribution in [2.24, 2.45) is 13.0 Å². The summed E-state index contributed by atoms with van der Waals surface area (Å²) >= 11 is 0. The molecule has 2 amide bonds. The van der Waals surface area contributed by atoms with E-state index in [-0.39, 0.29) is 24.3 Å². The molecule has 1 fully saturated rings. The maximum atomic E-state index is 12.9. The first-order chi connectivity index (χ1) is 11.9. The molecule has 1 aliphatic heterocycles. The minimum absolute atomic E-state index is 0.0134. The lowest BCUT2D eigenvalue weighted by atomic mass is 9.93. The number of rotatable bonds is 4. The van der Waals surface area contributed by atoms with Crippen molar-refractivity contribution in [3.05, 3.63) is 35.4 Å². The molecule has 0 aromatic carbocycles. The minimum atomic E-state index is -0.470. The van der Waals surface area contributed by atoms with Crippen molar-refractivity contribution in [1.82, 2.24) is 24.9 Å². The van der Waals surface area contributed by atoms with Crippen molar-refractivity contribution in [1.29, 1.82) is 0 Å². The van der Waals surface area contributed by atoms with Gasteiger partial charge >= 0.3 is 0 Å². The number of aromatic nitrogens is 4. The number of amides is 2. The highest BCUT2D eigenvalue weighted by Crippen LogP contribution is 2.39. The molecule has 0 saturated carbocycles. The summed E-state index contributed by atoms with van der Waals surface area (Å²) in [5.74, 6) is -0.669. The van der Waals surface area contributed by atoms with Crippen LogP contribution in [-0.2, 0) is 16.6 Å². The zero-order valence-electron chi connectivity index (χ0n) is 14.9. The Labute approximate surface area is 146 Å². The second-order valence-corrected chi connectivity index (χ2v) is 6.26. The first-order valence-corrected chi connectivity index (χ1v) is 8.31. The topological polar surface area (TPSA) is 93.0 Å². The van der Waals surface area contributed by atoms with Gasteiger partial charge in [-0.1, -0.05) is 0 Å². The lowest BCUT2D eigenvalue weighted by Gasteiger charge is -2.26. The predicted molar refractivity (Wildman–Crippen MR) is 91.6 cm³/mol. The standard InChI is InChI=1S/C17H22N6O2/c1-5-23-15(24)8-12(16(23)13-9-19-22(4)11(13)3)17(25)20-14-6-7-18-21-10(14)2/h6-7,9,12,16H,5,8H2,1-4H3,(H,18,20,25)/t12-,16-/m0/s1. The summed E-state index contributed by atoms with van der Waals surface area (Å²) in [5, 5.41) is 14.9. The fourth-order valence-corrected chi connectivity index (χ4v) is 3.35. The largest absolute Gasteiger partial charge is 0.335 e. The van der Waals surface area contributed by atoms with Gasteiger partial charge in [0.25, 0.3) is 0 Å². The van der Waals surface area contributed by atoms with Gasteiger partial charge in [0.2, 0.25) is 11.8 Å². The molecule has 3 rings (SSSR count). The molecular weight excluding hydrogens is 320 g/mol. The van der Waals surface area contributed by atoms with Crippen LogP contribution in [0, 0.1) is 19.8 Å². The zero-order valence-corrected chi connectivity index (χ0v) is 14.9. The van der Waals surface area contributed by atoms with E-state index in [9.17, 15) is 9.59 Å². The van der Waals surface area contributed by atoms with E-state index >= 15 is 0 Å². The SMILES string of the molecule is CCN1C(=O)C[C@H](C(=O)Nc2ccnnc2C)[C@H]1c1cnn(C)c1C. The Hall–Kier alpha value is -2.77. The van der Waals surface area contributed by atoms with Crippen LogP contribution in [0.5, 0.6) is 0 Å². The molecule has 1 N–H and O–H groups in total. The Balaban J connectivity index is 1.93. The number of nitrogens with one attached hydrogen (secondary N) is 1. The number of nitrogens with zero attached hydrogens (tertiary/aromatic N) is 5. The summed E-state index contributed by atoms with van der Waals surface area (Å²) in [4.78, 5) is 27.1. The Morgan fingerprint density at radius 2 is 2.16 bits per heavy atom. The van der Waals surface area contributed by atoms with Gasteiger partial charge in [-0.05, 0) is 26.8 Å². The van der Waals surface area contributed by atoms with Gasteiger partial charge in [0.05, 0.1) is 35.7 Å². The van der Waals surface area contributed by atoms with Crippen molar-refractivity contribution in [2.45, 2.75) is 33.2 Å². The molecule has 0 spiro atoms.